The van der Waals surface area contributed by atoms with Crippen molar-refractivity contribution in [3.63, 3.8) is 0 Å². The first-order valence-corrected chi connectivity index (χ1v) is 9.05. The van der Waals surface area contributed by atoms with Gasteiger partial charge in [-0.3, -0.25) is 14.4 Å². The maximum atomic E-state index is 12.5. The fourth-order valence-corrected chi connectivity index (χ4v) is 3.30. The van der Waals surface area contributed by atoms with E-state index in [1.165, 1.54) is 12.5 Å². The fraction of sp³-hybridized carbons (Fsp3) is 0.526. The van der Waals surface area contributed by atoms with E-state index in [0.29, 0.717) is 32.7 Å². The molecular weight excluding hydrogens is 368 g/mol. The quantitative estimate of drug-likeness (QED) is 0.561. The molecule has 1 aromatic carbocycles. The van der Waals surface area contributed by atoms with Crippen LogP contribution in [-0.4, -0.2) is 55.3 Å². The van der Waals surface area contributed by atoms with E-state index in [9.17, 15) is 14.4 Å². The lowest BCUT2D eigenvalue weighted by atomic mass is 9.89. The Balaban J connectivity index is 0.00000364. The van der Waals surface area contributed by atoms with Gasteiger partial charge >= 0.3 is 0 Å². The summed E-state index contributed by atoms with van der Waals surface area (Å²) in [5.74, 6) is 0.159. The molecule has 0 spiro atoms. The minimum Gasteiger partial charge on any atom is -0.355 e. The van der Waals surface area contributed by atoms with E-state index < -0.39 is 0 Å². The molecule has 1 aliphatic rings. The highest BCUT2D eigenvalue weighted by atomic mass is 35.5. The highest BCUT2D eigenvalue weighted by molar-refractivity contribution is 5.85. The third-order valence-electron chi connectivity index (χ3n) is 4.71. The lowest BCUT2D eigenvalue weighted by molar-refractivity contribution is -0.132. The molecule has 2 atom stereocenters. The number of nitrogens with one attached hydrogen (secondary N) is 2. The van der Waals surface area contributed by atoms with Crippen molar-refractivity contribution in [2.75, 3.05) is 32.7 Å². The molecule has 7 nitrogen and oxygen atoms in total. The van der Waals surface area contributed by atoms with Crippen LogP contribution in [0.2, 0.25) is 0 Å². The minimum atomic E-state index is -0.183. The van der Waals surface area contributed by atoms with Crippen LogP contribution in [0.1, 0.15) is 31.2 Å². The van der Waals surface area contributed by atoms with Gasteiger partial charge in [-0.2, -0.15) is 0 Å². The van der Waals surface area contributed by atoms with Gasteiger partial charge in [0, 0.05) is 51.9 Å². The van der Waals surface area contributed by atoms with Gasteiger partial charge in [-0.25, -0.2) is 0 Å². The lowest BCUT2D eigenvalue weighted by Crippen LogP contribution is -2.35. The number of nitrogens with zero attached hydrogens (tertiary/aromatic N) is 1. The van der Waals surface area contributed by atoms with Crippen molar-refractivity contribution in [3.05, 3.63) is 35.9 Å². The van der Waals surface area contributed by atoms with Crippen molar-refractivity contribution in [1.82, 2.24) is 15.5 Å². The molecule has 1 saturated heterocycles. The second-order valence-corrected chi connectivity index (χ2v) is 6.64. The van der Waals surface area contributed by atoms with Gasteiger partial charge in [0.25, 0.3) is 0 Å². The normalized spacial score (nSPS) is 18.5. The molecule has 2 rings (SSSR count). The Morgan fingerprint density at radius 3 is 2.37 bits per heavy atom. The lowest BCUT2D eigenvalue weighted by Gasteiger charge is -2.17. The number of likely N-dealkylation sites (tertiary alicyclic amines) is 1. The molecule has 1 fully saturated rings. The molecule has 4 N–H and O–H groups in total. The van der Waals surface area contributed by atoms with Gasteiger partial charge in [0.1, 0.15) is 0 Å². The average Bonchev–Trinajstić information content (AvgIpc) is 3.08. The van der Waals surface area contributed by atoms with Crippen molar-refractivity contribution in [1.29, 1.82) is 0 Å². The Hall–Kier alpha value is -2.12. The Kier molecular flexibility index (Phi) is 9.82. The van der Waals surface area contributed by atoms with Crippen molar-refractivity contribution in [3.8, 4) is 0 Å². The van der Waals surface area contributed by atoms with E-state index in [2.05, 4.69) is 22.8 Å². The van der Waals surface area contributed by atoms with Crippen molar-refractivity contribution < 1.29 is 14.4 Å². The van der Waals surface area contributed by atoms with Crippen molar-refractivity contribution in [2.45, 2.75) is 25.7 Å². The number of nitrogens with two attached hydrogens (primary N) is 1. The minimum absolute atomic E-state index is 0. The Bertz CT molecular complexity index is 627. The summed E-state index contributed by atoms with van der Waals surface area (Å²) in [5, 5.41) is 5.30. The molecule has 0 radical (unpaired) electrons. The van der Waals surface area contributed by atoms with Gasteiger partial charge < -0.3 is 21.3 Å². The van der Waals surface area contributed by atoms with Crippen LogP contribution in [0.25, 0.3) is 0 Å². The highest BCUT2D eigenvalue weighted by Crippen LogP contribution is 2.32. The summed E-state index contributed by atoms with van der Waals surface area (Å²) in [4.78, 5) is 36.8. The Morgan fingerprint density at radius 2 is 1.74 bits per heavy atom. The molecule has 1 aliphatic heterocycles. The number of benzene rings is 1. The summed E-state index contributed by atoms with van der Waals surface area (Å²) in [6, 6.07) is 10.1. The molecule has 0 unspecified atom stereocenters. The number of halogens is 1. The van der Waals surface area contributed by atoms with E-state index in [0.717, 1.165) is 0 Å². The number of rotatable bonds is 8. The standard InChI is InChI=1S/C19H28N4O3.ClH/c1-14(24)21-9-10-22-18(25)7-8-19(26)23-12-16(11-20)17(13-23)15-5-3-2-4-6-15;/h2-6,16-17H,7-13,20H2,1H3,(H,21,24)(H,22,25);1H/t16-,17+;/m1./s1. The second kappa shape index (κ2) is 11.6. The molecule has 27 heavy (non-hydrogen) atoms. The first-order chi connectivity index (χ1) is 12.5. The SMILES string of the molecule is CC(=O)NCCNC(=O)CCC(=O)N1C[C@@H](CN)[C@H](c2ccccc2)C1.Cl. The van der Waals surface area contributed by atoms with Crippen molar-refractivity contribution >= 4 is 30.1 Å². The van der Waals surface area contributed by atoms with Gasteiger partial charge in [-0.15, -0.1) is 12.4 Å². The van der Waals surface area contributed by atoms with Gasteiger partial charge in [-0.05, 0) is 18.0 Å². The van der Waals surface area contributed by atoms with Crippen LogP contribution < -0.4 is 16.4 Å². The van der Waals surface area contributed by atoms with Crippen LogP contribution in [0, 0.1) is 5.92 Å². The van der Waals surface area contributed by atoms with Crippen LogP contribution in [0.5, 0.6) is 0 Å². The molecule has 1 heterocycles. The first kappa shape index (κ1) is 22.9. The molecule has 1 aromatic rings. The summed E-state index contributed by atoms with van der Waals surface area (Å²) in [6.07, 6.45) is 0.337. The van der Waals surface area contributed by atoms with Gasteiger partial charge in [0.15, 0.2) is 0 Å². The Morgan fingerprint density at radius 1 is 1.07 bits per heavy atom. The summed E-state index contributed by atoms with van der Waals surface area (Å²) in [6.45, 7) is 3.99. The molecule has 0 bridgehead atoms. The molecule has 3 amide bonds. The third-order valence-corrected chi connectivity index (χ3v) is 4.71. The van der Waals surface area contributed by atoms with E-state index in [1.807, 2.05) is 23.1 Å². The van der Waals surface area contributed by atoms with E-state index in [-0.39, 0.29) is 54.8 Å². The van der Waals surface area contributed by atoms with Crippen LogP contribution >= 0.6 is 12.4 Å². The maximum absolute atomic E-state index is 12.5. The zero-order valence-corrected chi connectivity index (χ0v) is 16.5. The maximum Gasteiger partial charge on any atom is 0.223 e. The Labute approximate surface area is 166 Å². The monoisotopic (exact) mass is 396 g/mol. The predicted molar refractivity (Wildman–Crippen MR) is 106 cm³/mol. The summed E-state index contributed by atoms with van der Waals surface area (Å²) in [7, 11) is 0. The van der Waals surface area contributed by atoms with E-state index >= 15 is 0 Å². The average molecular weight is 397 g/mol. The van der Waals surface area contributed by atoms with E-state index in [1.54, 1.807) is 0 Å². The van der Waals surface area contributed by atoms with Crippen LogP contribution in [0.4, 0.5) is 0 Å². The van der Waals surface area contributed by atoms with Gasteiger partial charge in [-0.1, -0.05) is 30.3 Å². The topological polar surface area (TPSA) is 105 Å². The number of amides is 3. The van der Waals surface area contributed by atoms with Gasteiger partial charge in [0.05, 0.1) is 0 Å². The largest absolute Gasteiger partial charge is 0.355 e. The zero-order chi connectivity index (χ0) is 18.9. The number of hydrogen-bond acceptors (Lipinski definition) is 4. The number of hydrogen-bond donors (Lipinski definition) is 3. The van der Waals surface area contributed by atoms with Crippen LogP contribution in [0.15, 0.2) is 30.3 Å². The van der Waals surface area contributed by atoms with Gasteiger partial charge in [0.2, 0.25) is 17.7 Å². The zero-order valence-electron chi connectivity index (χ0n) is 15.6. The highest BCUT2D eigenvalue weighted by Gasteiger charge is 2.35. The smallest absolute Gasteiger partial charge is 0.223 e. The molecule has 8 heteroatoms. The summed E-state index contributed by atoms with van der Waals surface area (Å²) in [5.41, 5.74) is 7.11. The van der Waals surface area contributed by atoms with Crippen molar-refractivity contribution in [2.24, 2.45) is 11.7 Å². The number of carbonyl (C=O) groups excluding carboxylic acids is 3. The molecule has 0 aliphatic carbocycles. The first-order valence-electron chi connectivity index (χ1n) is 9.05. The third kappa shape index (κ3) is 7.19. The molecular formula is C19H29ClN4O3. The number of carbonyl (C=O) groups is 3. The molecule has 0 saturated carbocycles. The summed E-state index contributed by atoms with van der Waals surface area (Å²) >= 11 is 0. The van der Waals surface area contributed by atoms with Crippen LogP contribution in [0.3, 0.4) is 0 Å². The molecule has 0 aromatic heterocycles. The second-order valence-electron chi connectivity index (χ2n) is 6.64. The predicted octanol–water partition coefficient (Wildman–Crippen LogP) is 0.642. The van der Waals surface area contributed by atoms with E-state index in [4.69, 9.17) is 5.73 Å². The molecule has 150 valence electrons. The summed E-state index contributed by atoms with van der Waals surface area (Å²) < 4.78 is 0. The van der Waals surface area contributed by atoms with Crippen LogP contribution in [-0.2, 0) is 14.4 Å². The fourth-order valence-electron chi connectivity index (χ4n) is 3.30.